The molecular weight excluding hydrogens is 423 g/mol. The quantitative estimate of drug-likeness (QED) is 0.475. The largest absolute Gasteiger partial charge is 0.509 e. The molecule has 1 N–H and O–H groups in total. The Morgan fingerprint density at radius 2 is 1.70 bits per heavy atom. The van der Waals surface area contributed by atoms with Crippen molar-refractivity contribution in [1.82, 2.24) is 0 Å². The topological polar surface area (TPSA) is 125 Å². The summed E-state index contributed by atoms with van der Waals surface area (Å²) in [5.41, 5.74) is -4.44. The van der Waals surface area contributed by atoms with Gasteiger partial charge in [0, 0.05) is 5.41 Å². The van der Waals surface area contributed by atoms with Crippen LogP contribution in [0.5, 0.6) is 0 Å². The fourth-order valence-corrected chi connectivity index (χ4v) is 5.81. The number of rotatable bonds is 6. The van der Waals surface area contributed by atoms with Crippen molar-refractivity contribution in [3.63, 3.8) is 0 Å². The normalized spacial score (nSPS) is 33.6. The third kappa shape index (κ3) is 5.54. The predicted octanol–water partition coefficient (Wildman–Crippen LogP) is 3.61. The molecule has 0 aromatic rings. The van der Waals surface area contributed by atoms with E-state index in [0.717, 1.165) is 32.1 Å². The lowest BCUT2D eigenvalue weighted by Crippen LogP contribution is -2.59. The van der Waals surface area contributed by atoms with Gasteiger partial charge in [0.1, 0.15) is 24.4 Å². The molecule has 0 aliphatic heterocycles. The molecular formula is C19H29FO9S. The number of ether oxygens (including phenoxy) is 4. The lowest BCUT2D eigenvalue weighted by atomic mass is 9.48. The van der Waals surface area contributed by atoms with Gasteiger partial charge >= 0.3 is 22.4 Å². The zero-order valence-electron chi connectivity index (χ0n) is 17.4. The first-order chi connectivity index (χ1) is 13.7. The minimum Gasteiger partial charge on any atom is -0.434 e. The second-order valence-electron chi connectivity index (χ2n) is 9.99. The summed E-state index contributed by atoms with van der Waals surface area (Å²) in [5, 5.41) is 0. The highest BCUT2D eigenvalue weighted by Crippen LogP contribution is 2.63. The highest BCUT2D eigenvalue weighted by Gasteiger charge is 2.60. The van der Waals surface area contributed by atoms with Crippen molar-refractivity contribution in [2.45, 2.75) is 76.0 Å². The zero-order valence-corrected chi connectivity index (χ0v) is 18.2. The first kappa shape index (κ1) is 23.1. The number of carbonyl (C=O) groups is 2. The third-order valence-electron chi connectivity index (χ3n) is 5.97. The molecule has 0 radical (unpaired) electrons. The highest BCUT2D eigenvalue weighted by atomic mass is 32.2. The third-order valence-corrected chi connectivity index (χ3v) is 6.75. The van der Waals surface area contributed by atoms with Crippen molar-refractivity contribution < 1.29 is 45.9 Å². The number of halogens is 1. The summed E-state index contributed by atoms with van der Waals surface area (Å²) < 4.78 is 63.7. The molecule has 30 heavy (non-hydrogen) atoms. The van der Waals surface area contributed by atoms with Gasteiger partial charge in [0.15, 0.2) is 0 Å². The SMILES string of the molecule is CC(C)(C)OC(=O)OC12CC3CC(CC(COC(=O)OCC(F)S(=O)(=O)O)(C3)C1)C2. The lowest BCUT2D eigenvalue weighted by Gasteiger charge is -2.60. The summed E-state index contributed by atoms with van der Waals surface area (Å²) in [6, 6.07) is 0. The van der Waals surface area contributed by atoms with E-state index < -0.39 is 45.7 Å². The Morgan fingerprint density at radius 3 is 2.23 bits per heavy atom. The Morgan fingerprint density at radius 1 is 1.10 bits per heavy atom. The fourth-order valence-electron chi connectivity index (χ4n) is 5.57. The summed E-state index contributed by atoms with van der Waals surface area (Å²) in [7, 11) is -4.94. The van der Waals surface area contributed by atoms with Gasteiger partial charge in [-0.3, -0.25) is 4.55 Å². The van der Waals surface area contributed by atoms with Gasteiger partial charge in [-0.2, -0.15) is 8.42 Å². The van der Waals surface area contributed by atoms with Crippen molar-refractivity contribution in [2.24, 2.45) is 17.3 Å². The van der Waals surface area contributed by atoms with Crippen LogP contribution in [0.25, 0.3) is 0 Å². The molecule has 4 aliphatic carbocycles. The maximum Gasteiger partial charge on any atom is 0.509 e. The summed E-state index contributed by atoms with van der Waals surface area (Å²) in [4.78, 5) is 24.1. The summed E-state index contributed by atoms with van der Waals surface area (Å²) >= 11 is 0. The molecule has 4 fully saturated rings. The van der Waals surface area contributed by atoms with Crippen LogP contribution in [0.1, 0.15) is 59.3 Å². The molecule has 4 aliphatic rings. The van der Waals surface area contributed by atoms with Crippen LogP contribution in [-0.2, 0) is 29.1 Å². The molecule has 0 heterocycles. The van der Waals surface area contributed by atoms with E-state index in [1.165, 1.54) is 0 Å². The molecule has 4 rings (SSSR count). The van der Waals surface area contributed by atoms with Crippen LogP contribution in [0.2, 0.25) is 0 Å². The smallest absolute Gasteiger partial charge is 0.434 e. The van der Waals surface area contributed by atoms with Gasteiger partial charge < -0.3 is 18.9 Å². The van der Waals surface area contributed by atoms with Crippen LogP contribution >= 0.6 is 0 Å². The van der Waals surface area contributed by atoms with Gasteiger partial charge in [0.25, 0.3) is 5.50 Å². The number of hydrogen-bond donors (Lipinski definition) is 1. The van der Waals surface area contributed by atoms with Gasteiger partial charge in [-0.1, -0.05) is 0 Å². The molecule has 9 nitrogen and oxygen atoms in total. The Balaban J connectivity index is 1.59. The molecule has 3 unspecified atom stereocenters. The van der Waals surface area contributed by atoms with Crippen LogP contribution in [-0.4, -0.2) is 55.2 Å². The standard InChI is InChI=1S/C19H29FO9S/c1-17(2,3)28-16(22)29-19-7-12-4-13(8-19)6-18(5-12,10-19)11-27-15(21)26-9-14(20)30(23,24)25/h12-14H,4-11H2,1-3H3,(H,23,24,25). The maximum absolute atomic E-state index is 13.2. The van der Waals surface area contributed by atoms with Crippen molar-refractivity contribution in [3.05, 3.63) is 0 Å². The van der Waals surface area contributed by atoms with Crippen molar-refractivity contribution in [1.29, 1.82) is 0 Å². The van der Waals surface area contributed by atoms with Crippen molar-refractivity contribution in [3.8, 4) is 0 Å². The van der Waals surface area contributed by atoms with E-state index in [2.05, 4.69) is 4.74 Å². The van der Waals surface area contributed by atoms with E-state index in [4.69, 9.17) is 18.8 Å². The average molecular weight is 452 g/mol. The minimum atomic E-state index is -4.94. The van der Waals surface area contributed by atoms with Gasteiger partial charge in [0.05, 0.1) is 0 Å². The molecule has 0 aromatic heterocycles. The van der Waals surface area contributed by atoms with Crippen LogP contribution < -0.4 is 0 Å². The first-order valence-corrected chi connectivity index (χ1v) is 11.5. The van der Waals surface area contributed by atoms with Crippen LogP contribution in [0.4, 0.5) is 14.0 Å². The van der Waals surface area contributed by atoms with E-state index in [1.807, 2.05) is 0 Å². The van der Waals surface area contributed by atoms with E-state index in [1.54, 1.807) is 20.8 Å². The van der Waals surface area contributed by atoms with E-state index in [-0.39, 0.29) is 12.0 Å². The highest BCUT2D eigenvalue weighted by molar-refractivity contribution is 7.86. The maximum atomic E-state index is 13.2. The van der Waals surface area contributed by atoms with Crippen LogP contribution in [0, 0.1) is 17.3 Å². The Bertz CT molecular complexity index is 774. The second-order valence-corrected chi connectivity index (χ2v) is 11.5. The molecule has 11 heteroatoms. The monoisotopic (exact) mass is 452 g/mol. The van der Waals surface area contributed by atoms with E-state index >= 15 is 0 Å². The lowest BCUT2D eigenvalue weighted by molar-refractivity contribution is -0.190. The Hall–Kier alpha value is -1.62. The molecule has 0 saturated heterocycles. The van der Waals surface area contributed by atoms with E-state index in [9.17, 15) is 22.4 Å². The minimum absolute atomic E-state index is 0.00108. The summed E-state index contributed by atoms with van der Waals surface area (Å²) in [6.45, 7) is 4.14. The molecule has 172 valence electrons. The van der Waals surface area contributed by atoms with Crippen molar-refractivity contribution in [2.75, 3.05) is 13.2 Å². The molecule has 4 saturated carbocycles. The van der Waals surface area contributed by atoms with Crippen LogP contribution in [0.15, 0.2) is 0 Å². The molecule has 4 bridgehead atoms. The first-order valence-electron chi connectivity index (χ1n) is 10.0. The van der Waals surface area contributed by atoms with Gasteiger partial charge in [-0.25, -0.2) is 14.0 Å². The van der Waals surface area contributed by atoms with Crippen molar-refractivity contribution >= 4 is 22.4 Å². The Kier molecular flexibility index (Phi) is 6.00. The van der Waals surface area contributed by atoms with Crippen LogP contribution in [0.3, 0.4) is 0 Å². The number of alkyl halides is 1. The summed E-state index contributed by atoms with van der Waals surface area (Å²) in [5.74, 6) is 0.672. The molecule has 0 amide bonds. The van der Waals surface area contributed by atoms with E-state index in [0.29, 0.717) is 18.3 Å². The van der Waals surface area contributed by atoms with Gasteiger partial charge in [0.2, 0.25) is 0 Å². The molecule has 3 atom stereocenters. The zero-order chi connectivity index (χ0) is 22.4. The van der Waals surface area contributed by atoms with Gasteiger partial charge in [-0.05, 0) is 71.1 Å². The number of hydrogen-bond acceptors (Lipinski definition) is 8. The summed E-state index contributed by atoms with van der Waals surface area (Å²) in [6.07, 6.45) is 2.75. The Labute approximate surface area is 175 Å². The average Bonchev–Trinajstić information content (AvgIpc) is 2.53. The predicted molar refractivity (Wildman–Crippen MR) is 101 cm³/mol. The molecule has 0 spiro atoms. The molecule has 0 aromatic carbocycles. The number of carbonyl (C=O) groups excluding carboxylic acids is 2. The second kappa shape index (κ2) is 7.81. The van der Waals surface area contributed by atoms with Gasteiger partial charge in [-0.15, -0.1) is 0 Å². The fraction of sp³-hybridized carbons (Fsp3) is 0.895.